The molecule has 0 amide bonds. The second-order valence-corrected chi connectivity index (χ2v) is 3.69. The van der Waals surface area contributed by atoms with Crippen LogP contribution in [0.5, 0.6) is 0 Å². The summed E-state index contributed by atoms with van der Waals surface area (Å²) < 4.78 is 0. The first-order chi connectivity index (χ1) is 7.33. The molecule has 0 heterocycles. The van der Waals surface area contributed by atoms with Crippen molar-refractivity contribution in [1.82, 2.24) is 0 Å². The van der Waals surface area contributed by atoms with E-state index in [9.17, 15) is 0 Å². The topological polar surface area (TPSA) is 21.6 Å². The molecule has 1 rings (SSSR count). The molecular weight excluding hydrogens is 210 g/mol. The Kier molecular flexibility index (Phi) is 5.86. The van der Waals surface area contributed by atoms with Gasteiger partial charge in [0.1, 0.15) is 12.8 Å². The first kappa shape index (κ1) is 12.1. The number of benzene rings is 1. The summed E-state index contributed by atoms with van der Waals surface area (Å²) in [5.41, 5.74) is 1.06. The molecule has 0 aliphatic carbocycles. The minimum absolute atomic E-state index is 0.469. The molecule has 0 aliphatic rings. The number of unbranched alkanes of at least 4 members (excludes halogenated alkanes) is 2. The van der Waals surface area contributed by atoms with Crippen LogP contribution >= 0.6 is 11.6 Å². The molecule has 0 unspecified atom stereocenters. The zero-order valence-corrected chi connectivity index (χ0v) is 9.63. The minimum atomic E-state index is 0.469. The van der Waals surface area contributed by atoms with Crippen molar-refractivity contribution in [1.29, 1.82) is 0 Å². The third-order valence-corrected chi connectivity index (χ3v) is 2.17. The van der Waals surface area contributed by atoms with Crippen molar-refractivity contribution in [3.63, 3.8) is 0 Å². The molecule has 0 fully saturated rings. The van der Waals surface area contributed by atoms with Crippen molar-refractivity contribution < 1.29 is 4.84 Å². The summed E-state index contributed by atoms with van der Waals surface area (Å²) in [4.78, 5) is 5.08. The highest BCUT2D eigenvalue weighted by Crippen LogP contribution is 2.10. The second kappa shape index (κ2) is 7.30. The number of rotatable bonds is 6. The molecule has 0 bridgehead atoms. The van der Waals surface area contributed by atoms with E-state index in [0.717, 1.165) is 29.8 Å². The van der Waals surface area contributed by atoms with Crippen LogP contribution in [0.4, 0.5) is 0 Å². The highest BCUT2D eigenvalue weighted by atomic mass is 35.5. The number of hydrogen-bond donors (Lipinski definition) is 0. The smallest absolute Gasteiger partial charge is 0.142 e. The molecule has 0 atom stereocenters. The largest absolute Gasteiger partial charge is 0.391 e. The Morgan fingerprint density at radius 3 is 2.73 bits per heavy atom. The van der Waals surface area contributed by atoms with Gasteiger partial charge < -0.3 is 4.84 Å². The predicted molar refractivity (Wildman–Crippen MR) is 63.2 cm³/mol. The number of nitrogens with zero attached hydrogens (tertiary/aromatic N) is 1. The summed E-state index contributed by atoms with van der Waals surface area (Å²) in [6.07, 6.45) is 5.96. The fourth-order valence-corrected chi connectivity index (χ4v) is 1.16. The summed E-state index contributed by atoms with van der Waals surface area (Å²) in [6, 6.07) is 7.52. The maximum Gasteiger partial charge on any atom is 0.142 e. The predicted octanol–water partition coefficient (Wildman–Crippen LogP) is 3.91. The monoisotopic (exact) mass is 224 g/mol. The first-order valence-electron chi connectivity index (χ1n) is 5.12. The molecule has 81 valence electrons. The number of halogens is 1. The quantitative estimate of drug-likeness (QED) is 0.408. The van der Waals surface area contributed by atoms with E-state index >= 15 is 0 Å². The Morgan fingerprint density at radius 2 is 2.07 bits per heavy atom. The molecule has 0 spiro atoms. The highest BCUT2D eigenvalue weighted by molar-refractivity contribution is 6.30. The van der Waals surface area contributed by atoms with Crippen molar-refractivity contribution in [2.75, 3.05) is 0 Å². The molecule has 15 heavy (non-hydrogen) atoms. The Bertz CT molecular complexity index is 295. The maximum absolute atomic E-state index is 5.75. The Balaban J connectivity index is 2.20. The summed E-state index contributed by atoms with van der Waals surface area (Å²) in [5, 5.41) is 4.48. The lowest BCUT2D eigenvalue weighted by Gasteiger charge is -1.99. The summed E-state index contributed by atoms with van der Waals surface area (Å²) in [6.45, 7) is 2.60. The molecule has 2 nitrogen and oxygen atoms in total. The van der Waals surface area contributed by atoms with Crippen LogP contribution in [0.15, 0.2) is 29.4 Å². The van der Waals surface area contributed by atoms with Gasteiger partial charge in [-0.25, -0.2) is 0 Å². The first-order valence-corrected chi connectivity index (χ1v) is 5.50. The van der Waals surface area contributed by atoms with Gasteiger partial charge in [0.05, 0.1) is 0 Å². The molecule has 1 radical (unpaired) electrons. The van der Waals surface area contributed by atoms with E-state index in [-0.39, 0.29) is 0 Å². The van der Waals surface area contributed by atoms with Crippen LogP contribution in [-0.2, 0) is 11.4 Å². The van der Waals surface area contributed by atoms with Crippen molar-refractivity contribution in [3.05, 3.63) is 34.9 Å². The van der Waals surface area contributed by atoms with Crippen LogP contribution in [0.25, 0.3) is 0 Å². The lowest BCUT2D eigenvalue weighted by molar-refractivity contribution is 0.131. The van der Waals surface area contributed by atoms with Gasteiger partial charge in [-0.2, -0.15) is 0 Å². The van der Waals surface area contributed by atoms with Crippen LogP contribution < -0.4 is 0 Å². The summed E-state index contributed by atoms with van der Waals surface area (Å²) in [7, 11) is 0. The fourth-order valence-electron chi connectivity index (χ4n) is 1.03. The molecule has 1 aromatic carbocycles. The van der Waals surface area contributed by atoms with Crippen molar-refractivity contribution in [3.8, 4) is 0 Å². The molecule has 0 saturated heterocycles. The standard InChI is InChI=1S/C12H15ClNO/c1-2-3-4-9-14-15-10-11-5-7-12(13)8-6-11/h5-8H,2-4,10H2,1H3. The van der Waals surface area contributed by atoms with Gasteiger partial charge in [-0.1, -0.05) is 42.2 Å². The van der Waals surface area contributed by atoms with Crippen LogP contribution in [0.1, 0.15) is 31.7 Å². The van der Waals surface area contributed by atoms with Crippen molar-refractivity contribution >= 4 is 17.8 Å². The Morgan fingerprint density at radius 1 is 1.33 bits per heavy atom. The third kappa shape index (κ3) is 5.43. The van der Waals surface area contributed by atoms with Gasteiger partial charge in [-0.15, -0.1) is 0 Å². The normalized spacial score (nSPS) is 10.8. The average molecular weight is 225 g/mol. The highest BCUT2D eigenvalue weighted by Gasteiger charge is 1.92. The van der Waals surface area contributed by atoms with Gasteiger partial charge >= 0.3 is 0 Å². The van der Waals surface area contributed by atoms with Crippen LogP contribution in [0.3, 0.4) is 0 Å². The van der Waals surface area contributed by atoms with Gasteiger partial charge in [0.2, 0.25) is 0 Å². The van der Waals surface area contributed by atoms with Crippen LogP contribution in [0, 0.1) is 0 Å². The molecule has 1 aromatic rings. The molecule has 0 aromatic heterocycles. The lowest BCUT2D eigenvalue weighted by Crippen LogP contribution is -1.87. The van der Waals surface area contributed by atoms with Gasteiger partial charge in [-0.05, 0) is 30.5 Å². The van der Waals surface area contributed by atoms with Gasteiger partial charge in [0.25, 0.3) is 0 Å². The molecule has 3 heteroatoms. The SMILES string of the molecule is CCCC/[C]=N/OCc1ccc(Cl)cc1. The van der Waals surface area contributed by atoms with Crippen molar-refractivity contribution in [2.24, 2.45) is 5.16 Å². The van der Waals surface area contributed by atoms with E-state index in [4.69, 9.17) is 16.4 Å². The van der Waals surface area contributed by atoms with Crippen LogP contribution in [0.2, 0.25) is 5.02 Å². The van der Waals surface area contributed by atoms with Crippen LogP contribution in [-0.4, -0.2) is 6.21 Å². The Labute approximate surface area is 95.9 Å². The lowest BCUT2D eigenvalue weighted by atomic mass is 10.2. The van der Waals surface area contributed by atoms with Crippen molar-refractivity contribution in [2.45, 2.75) is 32.8 Å². The minimum Gasteiger partial charge on any atom is -0.391 e. The van der Waals surface area contributed by atoms with E-state index < -0.39 is 0 Å². The van der Waals surface area contributed by atoms with E-state index in [2.05, 4.69) is 18.3 Å². The summed E-state index contributed by atoms with van der Waals surface area (Å²) >= 11 is 5.75. The van der Waals surface area contributed by atoms with E-state index in [1.54, 1.807) is 0 Å². The fraction of sp³-hybridized carbons (Fsp3) is 0.417. The molecular formula is C12H15ClNO. The Hall–Kier alpha value is -1.02. The zero-order valence-electron chi connectivity index (χ0n) is 8.87. The second-order valence-electron chi connectivity index (χ2n) is 3.25. The molecule has 0 aliphatic heterocycles. The van der Waals surface area contributed by atoms with Gasteiger partial charge in [-0.3, -0.25) is 0 Å². The van der Waals surface area contributed by atoms with E-state index in [0.29, 0.717) is 6.61 Å². The molecule has 0 N–H and O–H groups in total. The van der Waals surface area contributed by atoms with Gasteiger partial charge in [0.15, 0.2) is 0 Å². The summed E-state index contributed by atoms with van der Waals surface area (Å²) in [5.74, 6) is 0. The van der Waals surface area contributed by atoms with E-state index in [1.165, 1.54) is 0 Å². The van der Waals surface area contributed by atoms with Gasteiger partial charge in [0, 0.05) is 5.02 Å². The number of hydrogen-bond acceptors (Lipinski definition) is 2. The zero-order chi connectivity index (χ0) is 10.9. The third-order valence-electron chi connectivity index (χ3n) is 1.92. The maximum atomic E-state index is 5.75. The molecule has 0 saturated carbocycles. The van der Waals surface area contributed by atoms with E-state index in [1.807, 2.05) is 24.3 Å². The average Bonchev–Trinajstić information content (AvgIpc) is 2.26.